The molecule has 0 unspecified atom stereocenters. The highest BCUT2D eigenvalue weighted by atomic mass is 16.4. The number of oxazole rings is 1. The zero-order chi connectivity index (χ0) is 13.9. The molecule has 1 aliphatic carbocycles. The number of aryl methyl sites for hydroxylation is 1. The second kappa shape index (κ2) is 5.74. The third-order valence-electron chi connectivity index (χ3n) is 4.31. The highest BCUT2D eigenvalue weighted by Crippen LogP contribution is 2.36. The van der Waals surface area contributed by atoms with Gasteiger partial charge in [-0.1, -0.05) is 19.3 Å². The maximum Gasteiger partial charge on any atom is 0.305 e. The Morgan fingerprint density at radius 3 is 2.68 bits per heavy atom. The van der Waals surface area contributed by atoms with Crippen LogP contribution in [0.4, 0.5) is 0 Å². The molecule has 2 rings (SSSR count). The van der Waals surface area contributed by atoms with Crippen molar-refractivity contribution in [2.24, 2.45) is 0 Å². The monoisotopic (exact) mass is 266 g/mol. The average Bonchev–Trinajstić information content (AvgIpc) is 2.75. The molecule has 5 heteroatoms. The molecule has 1 aliphatic rings. The van der Waals surface area contributed by atoms with Crippen molar-refractivity contribution in [3.05, 3.63) is 17.8 Å². The Hall–Kier alpha value is -1.36. The lowest BCUT2D eigenvalue weighted by molar-refractivity contribution is -0.141. The Morgan fingerprint density at radius 2 is 2.16 bits per heavy atom. The predicted molar refractivity (Wildman–Crippen MR) is 70.8 cm³/mol. The number of rotatable bonds is 5. The van der Waals surface area contributed by atoms with Crippen LogP contribution in [0.1, 0.15) is 50.0 Å². The van der Waals surface area contributed by atoms with Gasteiger partial charge in [-0.25, -0.2) is 4.98 Å². The first kappa shape index (κ1) is 14.1. The molecule has 5 nitrogen and oxygen atoms in total. The van der Waals surface area contributed by atoms with Gasteiger partial charge in [-0.05, 0) is 26.8 Å². The van der Waals surface area contributed by atoms with Gasteiger partial charge in [0.2, 0.25) is 0 Å². The average molecular weight is 266 g/mol. The Kier molecular flexibility index (Phi) is 4.24. The number of carboxylic acid groups (broad SMARTS) is 1. The summed E-state index contributed by atoms with van der Waals surface area (Å²) in [5, 5.41) is 9.20. The van der Waals surface area contributed by atoms with Crippen molar-refractivity contribution >= 4 is 5.97 Å². The topological polar surface area (TPSA) is 66.6 Å². The number of carbonyl (C=O) groups is 1. The minimum atomic E-state index is -0.717. The Bertz CT molecular complexity index is 436. The summed E-state index contributed by atoms with van der Waals surface area (Å²) in [5.41, 5.74) is 0.674. The molecule has 0 radical (unpaired) electrons. The van der Waals surface area contributed by atoms with E-state index in [2.05, 4.69) is 9.88 Å². The van der Waals surface area contributed by atoms with Crippen molar-refractivity contribution in [2.45, 2.75) is 57.5 Å². The molecule has 0 spiro atoms. The smallest absolute Gasteiger partial charge is 0.305 e. The van der Waals surface area contributed by atoms with E-state index >= 15 is 0 Å². The molecule has 0 aliphatic heterocycles. The van der Waals surface area contributed by atoms with E-state index in [4.69, 9.17) is 4.42 Å². The Morgan fingerprint density at radius 1 is 1.47 bits per heavy atom. The zero-order valence-electron chi connectivity index (χ0n) is 11.7. The molecule has 1 fully saturated rings. The standard InChI is InChI=1S/C14H22N2O3/c1-11-12(15-10-19-11)9-16(2)14(8-13(17)18)6-4-3-5-7-14/h10H,3-9H2,1-2H3,(H,17,18). The van der Waals surface area contributed by atoms with E-state index < -0.39 is 5.97 Å². The van der Waals surface area contributed by atoms with Crippen molar-refractivity contribution in [1.82, 2.24) is 9.88 Å². The minimum Gasteiger partial charge on any atom is -0.481 e. The van der Waals surface area contributed by atoms with Gasteiger partial charge in [0.15, 0.2) is 6.39 Å². The number of carboxylic acids is 1. The molecule has 106 valence electrons. The van der Waals surface area contributed by atoms with Crippen LogP contribution in [0.5, 0.6) is 0 Å². The highest BCUT2D eigenvalue weighted by molar-refractivity contribution is 5.68. The summed E-state index contributed by atoms with van der Waals surface area (Å²) in [4.78, 5) is 17.5. The third kappa shape index (κ3) is 3.15. The van der Waals surface area contributed by atoms with Gasteiger partial charge in [-0.15, -0.1) is 0 Å². The number of hydrogen-bond acceptors (Lipinski definition) is 4. The van der Waals surface area contributed by atoms with Crippen molar-refractivity contribution in [2.75, 3.05) is 7.05 Å². The summed E-state index contributed by atoms with van der Waals surface area (Å²) < 4.78 is 5.21. The summed E-state index contributed by atoms with van der Waals surface area (Å²) in [6.07, 6.45) is 6.98. The minimum absolute atomic E-state index is 0.209. The number of aliphatic carboxylic acids is 1. The molecule has 0 atom stereocenters. The van der Waals surface area contributed by atoms with Crippen LogP contribution in [0.25, 0.3) is 0 Å². The quantitative estimate of drug-likeness (QED) is 0.887. The first-order valence-corrected chi connectivity index (χ1v) is 6.85. The Labute approximate surface area is 113 Å². The van der Waals surface area contributed by atoms with Crippen LogP contribution < -0.4 is 0 Å². The van der Waals surface area contributed by atoms with Gasteiger partial charge in [0.05, 0.1) is 12.1 Å². The van der Waals surface area contributed by atoms with Crippen LogP contribution in [-0.2, 0) is 11.3 Å². The van der Waals surface area contributed by atoms with Crippen molar-refractivity contribution in [3.8, 4) is 0 Å². The molecule has 0 saturated heterocycles. The molecular weight excluding hydrogens is 244 g/mol. The van der Waals surface area contributed by atoms with Crippen LogP contribution in [-0.4, -0.2) is 33.5 Å². The molecule has 0 amide bonds. The molecule has 19 heavy (non-hydrogen) atoms. The maximum atomic E-state index is 11.2. The summed E-state index contributed by atoms with van der Waals surface area (Å²) in [5.74, 6) is 0.0961. The zero-order valence-corrected chi connectivity index (χ0v) is 11.7. The highest BCUT2D eigenvalue weighted by Gasteiger charge is 2.38. The second-order valence-electron chi connectivity index (χ2n) is 5.57. The van der Waals surface area contributed by atoms with Gasteiger partial charge >= 0.3 is 5.97 Å². The van der Waals surface area contributed by atoms with Crippen molar-refractivity contribution in [1.29, 1.82) is 0 Å². The molecule has 1 aromatic rings. The van der Waals surface area contributed by atoms with Gasteiger partial charge in [-0.2, -0.15) is 0 Å². The van der Waals surface area contributed by atoms with Crippen LogP contribution in [0, 0.1) is 6.92 Å². The lowest BCUT2D eigenvalue weighted by Gasteiger charge is -2.43. The maximum absolute atomic E-state index is 11.2. The van der Waals surface area contributed by atoms with Crippen LogP contribution in [0.3, 0.4) is 0 Å². The van der Waals surface area contributed by atoms with Gasteiger partial charge < -0.3 is 9.52 Å². The largest absolute Gasteiger partial charge is 0.481 e. The van der Waals surface area contributed by atoms with Crippen molar-refractivity contribution in [3.63, 3.8) is 0 Å². The van der Waals surface area contributed by atoms with E-state index in [9.17, 15) is 9.90 Å². The van der Waals surface area contributed by atoms with Crippen LogP contribution in [0.15, 0.2) is 10.8 Å². The molecule has 0 bridgehead atoms. The fraction of sp³-hybridized carbons (Fsp3) is 0.714. The number of hydrogen-bond donors (Lipinski definition) is 1. The van der Waals surface area contributed by atoms with Gasteiger partial charge in [0.25, 0.3) is 0 Å². The Balaban J connectivity index is 2.13. The number of aromatic nitrogens is 1. The SMILES string of the molecule is Cc1ocnc1CN(C)C1(CC(=O)O)CCCCC1. The molecule has 1 aromatic heterocycles. The molecule has 0 aromatic carbocycles. The fourth-order valence-electron chi connectivity index (χ4n) is 3.06. The lowest BCUT2D eigenvalue weighted by Crippen LogP contribution is -2.49. The third-order valence-corrected chi connectivity index (χ3v) is 4.31. The molecule has 1 saturated carbocycles. The van der Waals surface area contributed by atoms with Gasteiger partial charge in [-0.3, -0.25) is 9.69 Å². The molecular formula is C14H22N2O3. The summed E-state index contributed by atoms with van der Waals surface area (Å²) >= 11 is 0. The molecule has 1 N–H and O–H groups in total. The van der Waals surface area contributed by atoms with Crippen molar-refractivity contribution < 1.29 is 14.3 Å². The van der Waals surface area contributed by atoms with Crippen LogP contribution in [0.2, 0.25) is 0 Å². The van der Waals surface area contributed by atoms with E-state index in [0.29, 0.717) is 6.54 Å². The number of nitrogens with zero attached hydrogens (tertiary/aromatic N) is 2. The normalized spacial score (nSPS) is 18.7. The van der Waals surface area contributed by atoms with Gasteiger partial charge in [0, 0.05) is 12.1 Å². The van der Waals surface area contributed by atoms with Crippen LogP contribution >= 0.6 is 0 Å². The first-order chi connectivity index (χ1) is 9.03. The second-order valence-corrected chi connectivity index (χ2v) is 5.57. The molecule has 1 heterocycles. The van der Waals surface area contributed by atoms with E-state index in [1.165, 1.54) is 12.8 Å². The van der Waals surface area contributed by atoms with Gasteiger partial charge in [0.1, 0.15) is 5.76 Å². The van der Waals surface area contributed by atoms with E-state index in [1.807, 2.05) is 14.0 Å². The summed E-state index contributed by atoms with van der Waals surface area (Å²) in [6.45, 7) is 2.54. The predicted octanol–water partition coefficient (Wildman–Crippen LogP) is 2.59. The summed E-state index contributed by atoms with van der Waals surface area (Å²) in [7, 11) is 2.00. The fourth-order valence-corrected chi connectivity index (χ4v) is 3.06. The first-order valence-electron chi connectivity index (χ1n) is 6.85. The van der Waals surface area contributed by atoms with E-state index in [0.717, 1.165) is 37.1 Å². The van der Waals surface area contributed by atoms with E-state index in [1.54, 1.807) is 0 Å². The lowest BCUT2D eigenvalue weighted by atomic mass is 9.78. The summed E-state index contributed by atoms with van der Waals surface area (Å²) in [6, 6.07) is 0. The van der Waals surface area contributed by atoms with E-state index in [-0.39, 0.29) is 12.0 Å².